The smallest absolute Gasteiger partial charge is 0.276 e. The molecule has 1 saturated carbocycles. The summed E-state index contributed by atoms with van der Waals surface area (Å²) in [4.78, 5) is 54.5. The maximum Gasteiger partial charge on any atom is 0.276 e. The van der Waals surface area contributed by atoms with Crippen LogP contribution in [-0.4, -0.2) is 88.7 Å². The van der Waals surface area contributed by atoms with Crippen LogP contribution in [0.25, 0.3) is 22.0 Å². The summed E-state index contributed by atoms with van der Waals surface area (Å²) in [6.45, 7) is 4.12. The molecular weight excluding hydrogens is 699 g/mol. The predicted molar refractivity (Wildman–Crippen MR) is 213 cm³/mol. The van der Waals surface area contributed by atoms with Crippen molar-refractivity contribution >= 4 is 34.3 Å². The van der Waals surface area contributed by atoms with Gasteiger partial charge in [0.15, 0.2) is 0 Å². The third-order valence-corrected chi connectivity index (χ3v) is 12.0. The lowest BCUT2D eigenvalue weighted by molar-refractivity contribution is -0.137. The van der Waals surface area contributed by atoms with Crippen molar-refractivity contribution in [2.75, 3.05) is 45.7 Å². The summed E-state index contributed by atoms with van der Waals surface area (Å²) in [5.41, 5.74) is 5.19. The van der Waals surface area contributed by atoms with Crippen molar-refractivity contribution in [2.24, 2.45) is 24.8 Å². The van der Waals surface area contributed by atoms with Crippen molar-refractivity contribution in [3.05, 3.63) is 70.3 Å². The minimum absolute atomic E-state index is 0. The summed E-state index contributed by atoms with van der Waals surface area (Å²) in [5, 5.41) is 13.3. The van der Waals surface area contributed by atoms with Crippen LogP contribution >= 0.6 is 0 Å². The van der Waals surface area contributed by atoms with E-state index in [2.05, 4.69) is 42.8 Å². The fourth-order valence-corrected chi connectivity index (χ4v) is 9.20. The van der Waals surface area contributed by atoms with Crippen LogP contribution < -0.4 is 25.7 Å². The van der Waals surface area contributed by atoms with Gasteiger partial charge < -0.3 is 24.3 Å². The van der Waals surface area contributed by atoms with Crippen molar-refractivity contribution in [1.29, 1.82) is 0 Å². The third-order valence-electron chi connectivity index (χ3n) is 12.0. The minimum Gasteiger partial charge on any atom is -0.496 e. The Morgan fingerprint density at radius 1 is 0.945 bits per heavy atom. The molecule has 1 aliphatic carbocycles. The highest BCUT2D eigenvalue weighted by atomic mass is 16.5. The zero-order valence-electron chi connectivity index (χ0n) is 30.5. The largest absolute Gasteiger partial charge is 0.496 e. The van der Waals surface area contributed by atoms with E-state index in [4.69, 9.17) is 9.47 Å². The van der Waals surface area contributed by atoms with Crippen LogP contribution in [0.2, 0.25) is 0 Å². The molecule has 4 aliphatic rings. The van der Waals surface area contributed by atoms with Crippen LogP contribution in [0.5, 0.6) is 11.5 Å². The average molecular weight is 754 g/mol. The number of aryl methyl sites for hydroxylation is 1. The quantitative estimate of drug-likeness (QED) is 0.194. The Hall–Kier alpha value is -5.17. The monoisotopic (exact) mass is 753 g/mol. The first-order valence-electron chi connectivity index (χ1n) is 18.7. The Labute approximate surface area is 322 Å². The number of piperidine rings is 2. The van der Waals surface area contributed by atoms with E-state index in [1.165, 1.54) is 5.56 Å². The van der Waals surface area contributed by atoms with E-state index < -0.39 is 6.04 Å². The lowest BCUT2D eigenvalue weighted by Gasteiger charge is -2.34. The fraction of sp³-hybridized carbons (Fsp3) is 0.500. The number of ether oxygens (including phenoxy) is 2. The van der Waals surface area contributed by atoms with Crippen LogP contribution in [-0.2, 0) is 28.0 Å². The molecule has 294 valence electrons. The molecule has 2 aromatic heterocycles. The number of hydrogen-bond acceptors (Lipinski definition) is 9. The number of nitrogens with zero attached hydrogens (tertiary/aromatic N) is 4. The number of aromatic amines is 1. The average Bonchev–Trinajstić information content (AvgIpc) is 3.91. The van der Waals surface area contributed by atoms with Crippen LogP contribution in [0.1, 0.15) is 70.4 Å². The van der Waals surface area contributed by atoms with Crippen molar-refractivity contribution in [1.82, 2.24) is 29.9 Å². The first-order valence-corrected chi connectivity index (χ1v) is 18.7. The molecule has 8 rings (SSSR count). The molecule has 2 aromatic carbocycles. The number of hydrogen-bond donors (Lipinski definition) is 3. The SMILES string of the molecule is C.C.COc1cc(-c2cn(C)c(=O)c3[nH]ncc23)cc(OC)c1CN1C[C@H]2CC(C(=O)N3CCC(c4ccc(NC5CCC(=O)NC5=O)cc4)CC3)C[C@H]2C1. The van der Waals surface area contributed by atoms with Crippen LogP contribution in [0, 0.1) is 17.8 Å². The first kappa shape index (κ1) is 39.5. The van der Waals surface area contributed by atoms with Gasteiger partial charge in [-0.25, -0.2) is 0 Å². The predicted octanol–water partition coefficient (Wildman–Crippen LogP) is 5.30. The number of nitrogens with one attached hydrogen (secondary N) is 3. The molecular formula is C42H55N7O6. The third kappa shape index (κ3) is 7.71. The molecule has 13 heteroatoms. The summed E-state index contributed by atoms with van der Waals surface area (Å²) >= 11 is 0. The molecule has 4 fully saturated rings. The minimum atomic E-state index is -0.397. The maximum absolute atomic E-state index is 13.7. The van der Waals surface area contributed by atoms with Gasteiger partial charge in [0, 0.05) is 74.9 Å². The van der Waals surface area contributed by atoms with Crippen molar-refractivity contribution in [3.63, 3.8) is 0 Å². The number of fused-ring (bicyclic) bond motifs is 2. The van der Waals surface area contributed by atoms with Gasteiger partial charge >= 0.3 is 0 Å². The highest BCUT2D eigenvalue weighted by molar-refractivity contribution is 6.01. The maximum atomic E-state index is 13.7. The molecule has 4 aromatic rings. The van der Waals surface area contributed by atoms with Gasteiger partial charge in [-0.15, -0.1) is 0 Å². The number of pyridine rings is 1. The number of aromatic nitrogens is 3. The Morgan fingerprint density at radius 2 is 1.60 bits per heavy atom. The second-order valence-corrected chi connectivity index (χ2v) is 15.2. The number of carbonyl (C=O) groups is 3. The number of amides is 3. The standard InChI is InChI=1S/C40H47N7O6.2CH4/c1-45-21-31(30-18-41-44-37(30)40(45)51)25-16-34(52-2)32(35(17-25)53-3)22-46-19-27-14-26(15-28(27)20-46)39(50)47-12-10-24(11-13-47)23-4-6-29(7-5-23)42-33-8-9-36(48)43-38(33)49;;/h4-7,16-18,21,24,26-28,33,42H,8-15,19-20,22H2,1-3H3,(H,41,44)(H,43,48,49);2*1H4/t26?,27-,28+,33?;;. The zero-order valence-corrected chi connectivity index (χ0v) is 30.5. The molecule has 4 atom stereocenters. The van der Waals surface area contributed by atoms with E-state index >= 15 is 0 Å². The van der Waals surface area contributed by atoms with E-state index in [1.54, 1.807) is 32.0 Å². The number of likely N-dealkylation sites (tertiary alicyclic amines) is 2. The number of carbonyl (C=O) groups excluding carboxylic acids is 3. The van der Waals surface area contributed by atoms with E-state index in [9.17, 15) is 19.2 Å². The number of anilines is 1. The number of benzene rings is 2. The molecule has 3 aliphatic heterocycles. The number of H-pyrrole nitrogens is 1. The second kappa shape index (κ2) is 16.3. The summed E-state index contributed by atoms with van der Waals surface area (Å²) in [5.74, 6) is 2.77. The topological polar surface area (TPSA) is 151 Å². The van der Waals surface area contributed by atoms with E-state index in [0.717, 1.165) is 91.1 Å². The van der Waals surface area contributed by atoms with Crippen LogP contribution in [0.4, 0.5) is 5.69 Å². The van der Waals surface area contributed by atoms with Crippen molar-refractivity contribution in [2.45, 2.75) is 71.9 Å². The molecule has 13 nitrogen and oxygen atoms in total. The van der Waals surface area contributed by atoms with Gasteiger partial charge in [0.05, 0.1) is 26.0 Å². The highest BCUT2D eigenvalue weighted by Gasteiger charge is 2.45. The van der Waals surface area contributed by atoms with Gasteiger partial charge in [0.2, 0.25) is 17.7 Å². The lowest BCUT2D eigenvalue weighted by atomic mass is 9.88. The molecule has 3 amide bonds. The van der Waals surface area contributed by atoms with Crippen molar-refractivity contribution in [3.8, 4) is 22.6 Å². The van der Waals surface area contributed by atoms with Gasteiger partial charge in [0.1, 0.15) is 23.1 Å². The van der Waals surface area contributed by atoms with Gasteiger partial charge in [-0.3, -0.25) is 34.5 Å². The second-order valence-electron chi connectivity index (χ2n) is 15.2. The lowest BCUT2D eigenvalue weighted by Crippen LogP contribution is -2.47. The Morgan fingerprint density at radius 3 is 2.22 bits per heavy atom. The summed E-state index contributed by atoms with van der Waals surface area (Å²) in [6.07, 6.45) is 8.09. The summed E-state index contributed by atoms with van der Waals surface area (Å²) in [7, 11) is 5.08. The molecule has 3 saturated heterocycles. The molecule has 0 spiro atoms. The summed E-state index contributed by atoms with van der Waals surface area (Å²) in [6, 6.07) is 11.9. The Bertz CT molecular complexity index is 2060. The molecule has 3 N–H and O–H groups in total. The molecule has 0 bridgehead atoms. The molecule has 0 radical (unpaired) electrons. The Balaban J connectivity index is 0.00000257. The van der Waals surface area contributed by atoms with Crippen LogP contribution in [0.3, 0.4) is 0 Å². The van der Waals surface area contributed by atoms with E-state index in [-0.39, 0.29) is 38.1 Å². The Kier molecular flexibility index (Phi) is 11.7. The highest BCUT2D eigenvalue weighted by Crippen LogP contribution is 2.45. The number of imide groups is 1. The van der Waals surface area contributed by atoms with Gasteiger partial charge in [-0.2, -0.15) is 5.10 Å². The summed E-state index contributed by atoms with van der Waals surface area (Å²) < 4.78 is 13.4. The molecule has 2 unspecified atom stereocenters. The molecule has 5 heterocycles. The number of methoxy groups -OCH3 is 2. The van der Waals surface area contributed by atoms with Gasteiger partial charge in [0.25, 0.3) is 5.56 Å². The van der Waals surface area contributed by atoms with Gasteiger partial charge in [-0.1, -0.05) is 27.0 Å². The molecule has 55 heavy (non-hydrogen) atoms. The van der Waals surface area contributed by atoms with E-state index in [1.807, 2.05) is 30.5 Å². The number of rotatable bonds is 9. The van der Waals surface area contributed by atoms with Gasteiger partial charge in [-0.05, 0) is 85.3 Å². The van der Waals surface area contributed by atoms with Crippen LogP contribution in [0.15, 0.2) is 53.6 Å². The first-order chi connectivity index (χ1) is 25.7. The zero-order chi connectivity index (χ0) is 36.8. The fourth-order valence-electron chi connectivity index (χ4n) is 9.20. The normalized spacial score (nSPS) is 22.8. The van der Waals surface area contributed by atoms with Crippen molar-refractivity contribution < 1.29 is 23.9 Å². The van der Waals surface area contributed by atoms with E-state index in [0.29, 0.717) is 48.6 Å².